The predicted octanol–water partition coefficient (Wildman–Crippen LogP) is 11.5. The van der Waals surface area contributed by atoms with Crippen molar-refractivity contribution in [2.75, 3.05) is 0 Å². The minimum Gasteiger partial charge on any atom is -0.276 e. The molecule has 220 valence electrons. The maximum absolute atomic E-state index is 14.5. The highest BCUT2D eigenvalue weighted by atomic mass is 16.1. The van der Waals surface area contributed by atoms with Gasteiger partial charge in [0.25, 0.3) is 5.56 Å². The molecular weight excluding hydrogens is 571 g/mol. The fourth-order valence-electron chi connectivity index (χ4n) is 7.13. The lowest BCUT2D eigenvalue weighted by Gasteiger charge is -2.18. The lowest BCUT2D eigenvalue weighted by atomic mass is 9.92. The minimum absolute atomic E-state index is 0.0266. The third kappa shape index (κ3) is 4.54. The first kappa shape index (κ1) is 27.1. The number of rotatable bonds is 4. The fourth-order valence-corrected chi connectivity index (χ4v) is 7.13. The van der Waals surface area contributed by atoms with E-state index >= 15 is 0 Å². The van der Waals surface area contributed by atoms with E-state index < -0.39 is 0 Å². The van der Waals surface area contributed by atoms with Crippen molar-refractivity contribution in [3.63, 3.8) is 0 Å². The van der Waals surface area contributed by atoms with Crippen LogP contribution >= 0.6 is 0 Å². The fraction of sp³-hybridized carbons (Fsp3) is 0. The van der Waals surface area contributed by atoms with Crippen LogP contribution < -0.4 is 5.56 Å². The molecule has 2 heteroatoms. The molecule has 0 saturated heterocycles. The number of pyridine rings is 1. The Balaban J connectivity index is 1.35. The van der Waals surface area contributed by atoms with Gasteiger partial charge in [0.05, 0.1) is 11.2 Å². The van der Waals surface area contributed by atoms with Crippen LogP contribution in [0.5, 0.6) is 0 Å². The third-order valence-electron chi connectivity index (χ3n) is 9.36. The Bertz CT molecular complexity index is 2630. The van der Waals surface area contributed by atoms with Gasteiger partial charge < -0.3 is 0 Å². The zero-order chi connectivity index (χ0) is 31.3. The average molecular weight is 600 g/mol. The molecule has 0 aliphatic carbocycles. The smallest absolute Gasteiger partial charge is 0.263 e. The number of aromatic nitrogens is 1. The van der Waals surface area contributed by atoms with E-state index in [1.54, 1.807) is 0 Å². The number of hydrogen-bond acceptors (Lipinski definition) is 1. The maximum Gasteiger partial charge on any atom is 0.263 e. The number of hydrogen-bond donors (Lipinski definition) is 0. The lowest BCUT2D eigenvalue weighted by molar-refractivity contribution is 1.06. The molecule has 0 fully saturated rings. The first-order valence-corrected chi connectivity index (χ1v) is 16.0. The van der Waals surface area contributed by atoms with Crippen molar-refractivity contribution in [1.29, 1.82) is 0 Å². The Morgan fingerprint density at radius 2 is 0.872 bits per heavy atom. The summed E-state index contributed by atoms with van der Waals surface area (Å²) in [6, 6.07) is 61.3. The van der Waals surface area contributed by atoms with Gasteiger partial charge in [0.2, 0.25) is 0 Å². The molecule has 1 aromatic heterocycles. The Labute approximate surface area is 272 Å². The molecule has 0 aliphatic rings. The van der Waals surface area contributed by atoms with E-state index in [2.05, 4.69) is 146 Å². The van der Waals surface area contributed by atoms with Gasteiger partial charge in [-0.1, -0.05) is 133 Å². The molecule has 8 aromatic carbocycles. The summed E-state index contributed by atoms with van der Waals surface area (Å²) in [5.74, 6) is 0. The molecule has 0 spiro atoms. The molecule has 0 bridgehead atoms. The largest absolute Gasteiger partial charge is 0.276 e. The summed E-state index contributed by atoms with van der Waals surface area (Å²) in [6.45, 7) is 0. The van der Waals surface area contributed by atoms with Gasteiger partial charge in [-0.25, -0.2) is 0 Å². The van der Waals surface area contributed by atoms with Crippen LogP contribution in [-0.2, 0) is 0 Å². The summed E-state index contributed by atoms with van der Waals surface area (Å²) < 4.78 is 1.90. The van der Waals surface area contributed by atoms with Crippen molar-refractivity contribution >= 4 is 43.2 Å². The van der Waals surface area contributed by atoms with E-state index in [0.717, 1.165) is 49.8 Å². The lowest BCUT2D eigenvalue weighted by Crippen LogP contribution is -2.19. The van der Waals surface area contributed by atoms with Crippen LogP contribution in [0.2, 0.25) is 0 Å². The molecule has 0 radical (unpaired) electrons. The van der Waals surface area contributed by atoms with E-state index in [4.69, 9.17) is 0 Å². The number of benzene rings is 8. The molecule has 0 aliphatic heterocycles. The van der Waals surface area contributed by atoms with E-state index in [1.807, 2.05) is 34.9 Å². The molecule has 0 amide bonds. The third-order valence-corrected chi connectivity index (χ3v) is 9.36. The molecule has 9 rings (SSSR count). The summed E-state index contributed by atoms with van der Waals surface area (Å²) in [5.41, 5.74) is 8.34. The molecule has 0 unspecified atom stereocenters. The van der Waals surface area contributed by atoms with Gasteiger partial charge in [0.1, 0.15) is 0 Å². The van der Waals surface area contributed by atoms with Crippen LogP contribution in [0.1, 0.15) is 0 Å². The molecule has 47 heavy (non-hydrogen) atoms. The van der Waals surface area contributed by atoms with Gasteiger partial charge in [-0.15, -0.1) is 0 Å². The molecule has 9 aromatic rings. The Morgan fingerprint density at radius 1 is 0.340 bits per heavy atom. The normalized spacial score (nSPS) is 11.5. The molecular formula is C45H29NO. The number of fused-ring (bicyclic) bond motifs is 6. The van der Waals surface area contributed by atoms with Crippen LogP contribution in [0.3, 0.4) is 0 Å². The summed E-state index contributed by atoms with van der Waals surface area (Å²) in [5, 5.41) is 7.61. The summed E-state index contributed by atoms with van der Waals surface area (Å²) in [4.78, 5) is 14.5. The first-order valence-electron chi connectivity index (χ1n) is 16.0. The van der Waals surface area contributed by atoms with E-state index in [-0.39, 0.29) is 5.56 Å². The van der Waals surface area contributed by atoms with Gasteiger partial charge in [-0.2, -0.15) is 0 Å². The summed E-state index contributed by atoms with van der Waals surface area (Å²) in [7, 11) is 0. The SMILES string of the molecule is O=c1c2ccccc2c2cc(-c3cc4ccccc4c4ccccc34)ccc2n1-c1cc(-c2ccccc2)cc(-c2ccccc2)c1. The van der Waals surface area contributed by atoms with Gasteiger partial charge in [0.15, 0.2) is 0 Å². The van der Waals surface area contributed by atoms with Crippen LogP contribution in [0, 0.1) is 0 Å². The van der Waals surface area contributed by atoms with Crippen molar-refractivity contribution in [2.24, 2.45) is 0 Å². The Morgan fingerprint density at radius 3 is 1.53 bits per heavy atom. The van der Waals surface area contributed by atoms with Crippen LogP contribution in [0.25, 0.3) is 82.3 Å². The molecule has 0 saturated carbocycles. The van der Waals surface area contributed by atoms with Crippen LogP contribution in [0.15, 0.2) is 181 Å². The van der Waals surface area contributed by atoms with Crippen molar-refractivity contribution in [3.05, 3.63) is 186 Å². The van der Waals surface area contributed by atoms with E-state index in [0.29, 0.717) is 5.39 Å². The average Bonchev–Trinajstić information content (AvgIpc) is 3.15. The van der Waals surface area contributed by atoms with E-state index in [9.17, 15) is 4.79 Å². The zero-order valence-electron chi connectivity index (χ0n) is 25.6. The second-order valence-corrected chi connectivity index (χ2v) is 12.1. The highest BCUT2D eigenvalue weighted by Crippen LogP contribution is 2.38. The predicted molar refractivity (Wildman–Crippen MR) is 198 cm³/mol. The van der Waals surface area contributed by atoms with Gasteiger partial charge in [-0.05, 0) is 103 Å². The topological polar surface area (TPSA) is 22.0 Å². The highest BCUT2D eigenvalue weighted by Gasteiger charge is 2.16. The Kier molecular flexibility index (Phi) is 6.33. The second kappa shape index (κ2) is 11.0. The van der Waals surface area contributed by atoms with Gasteiger partial charge in [-0.3, -0.25) is 9.36 Å². The van der Waals surface area contributed by atoms with Crippen molar-refractivity contribution in [3.8, 4) is 39.1 Å². The summed E-state index contributed by atoms with van der Waals surface area (Å²) in [6.07, 6.45) is 0. The highest BCUT2D eigenvalue weighted by molar-refractivity contribution is 6.15. The molecule has 2 nitrogen and oxygen atoms in total. The van der Waals surface area contributed by atoms with E-state index in [1.165, 1.54) is 27.1 Å². The van der Waals surface area contributed by atoms with Crippen molar-refractivity contribution < 1.29 is 0 Å². The molecule has 1 heterocycles. The molecule has 0 N–H and O–H groups in total. The Hall–Kier alpha value is -6.25. The second-order valence-electron chi connectivity index (χ2n) is 12.1. The van der Waals surface area contributed by atoms with Crippen molar-refractivity contribution in [1.82, 2.24) is 4.57 Å². The van der Waals surface area contributed by atoms with Crippen LogP contribution in [-0.4, -0.2) is 4.57 Å². The monoisotopic (exact) mass is 599 g/mol. The summed E-state index contributed by atoms with van der Waals surface area (Å²) >= 11 is 0. The molecule has 0 atom stereocenters. The first-order chi connectivity index (χ1) is 23.2. The van der Waals surface area contributed by atoms with Gasteiger partial charge >= 0.3 is 0 Å². The van der Waals surface area contributed by atoms with Crippen molar-refractivity contribution in [2.45, 2.75) is 0 Å². The maximum atomic E-state index is 14.5. The minimum atomic E-state index is -0.0266. The van der Waals surface area contributed by atoms with Crippen LogP contribution in [0.4, 0.5) is 0 Å². The zero-order valence-corrected chi connectivity index (χ0v) is 25.6. The number of nitrogens with zero attached hydrogens (tertiary/aromatic N) is 1. The standard InChI is InChI=1S/C45H29NO/c47-45-41-22-12-11-21-40(41)43-29-33(42-28-32-17-7-8-18-37(32)38-19-9-10-20-39(38)42)23-24-44(43)46(45)36-26-34(30-13-3-1-4-14-30)25-35(27-36)31-15-5-2-6-16-31/h1-29H. The quantitative estimate of drug-likeness (QED) is 0.184. The van der Waals surface area contributed by atoms with Gasteiger partial charge in [0, 0.05) is 10.8 Å².